The highest BCUT2D eigenvalue weighted by molar-refractivity contribution is 6.09. The first kappa shape index (κ1) is 23.4. The molecule has 1 unspecified atom stereocenters. The summed E-state index contributed by atoms with van der Waals surface area (Å²) in [4.78, 5) is 21.5. The molecule has 2 aliphatic rings. The number of allylic oxidation sites excluding steroid dienone is 1. The standard InChI is InChI=1S/C22H28F2N6O2/c1-13(31)30-5-3-20(28-15-4-6-32-12-15)17(11-30)22(26)29-21-8-18(23)16(7-19(21)24)14(9-25)10-27-2/h7-10,15,28H,3-6,11-12,25H2,1-2H3,(H2,26,29). The Bertz CT molecular complexity index is 996. The summed E-state index contributed by atoms with van der Waals surface area (Å²) in [6.45, 7) is 3.48. The molecular formula is C22H28F2N6O2. The average molecular weight is 447 g/mol. The van der Waals surface area contributed by atoms with Gasteiger partial charge in [-0.25, -0.2) is 13.8 Å². The molecule has 1 aromatic carbocycles. The van der Waals surface area contributed by atoms with Gasteiger partial charge >= 0.3 is 0 Å². The van der Waals surface area contributed by atoms with Gasteiger partial charge < -0.3 is 26.4 Å². The van der Waals surface area contributed by atoms with E-state index in [4.69, 9.17) is 16.2 Å². The Morgan fingerprint density at radius 2 is 2.12 bits per heavy atom. The first-order chi connectivity index (χ1) is 15.3. The molecule has 1 fully saturated rings. The van der Waals surface area contributed by atoms with Gasteiger partial charge in [0.15, 0.2) is 0 Å². The SMILES string of the molecule is CN=CC(=CN)c1cc(F)c(N=C(N)C2=C(NC3CCOC3)CCN(C(C)=O)C2)cc1F. The van der Waals surface area contributed by atoms with E-state index in [1.54, 1.807) is 4.90 Å². The zero-order valence-electron chi connectivity index (χ0n) is 18.2. The van der Waals surface area contributed by atoms with Gasteiger partial charge in [0.05, 0.1) is 19.2 Å². The fourth-order valence-electron chi connectivity index (χ4n) is 3.70. The van der Waals surface area contributed by atoms with E-state index in [-0.39, 0.29) is 41.2 Å². The van der Waals surface area contributed by atoms with Gasteiger partial charge in [0.1, 0.15) is 23.2 Å². The van der Waals surface area contributed by atoms with E-state index < -0.39 is 11.6 Å². The van der Waals surface area contributed by atoms with Crippen LogP contribution in [0.5, 0.6) is 0 Å². The molecule has 1 atom stereocenters. The number of carbonyl (C=O) groups excluding carboxylic acids is 1. The zero-order valence-corrected chi connectivity index (χ0v) is 18.2. The van der Waals surface area contributed by atoms with Gasteiger partial charge in [0.25, 0.3) is 0 Å². The van der Waals surface area contributed by atoms with Crippen molar-refractivity contribution in [2.75, 3.05) is 33.4 Å². The Morgan fingerprint density at radius 3 is 2.75 bits per heavy atom. The summed E-state index contributed by atoms with van der Waals surface area (Å²) in [5.41, 5.74) is 13.1. The molecule has 0 spiro atoms. The normalized spacial score (nSPS) is 20.4. The Morgan fingerprint density at radius 1 is 1.34 bits per heavy atom. The number of nitrogens with two attached hydrogens (primary N) is 2. The van der Waals surface area contributed by atoms with E-state index in [0.29, 0.717) is 31.8 Å². The molecule has 1 aromatic rings. The average Bonchev–Trinajstić information content (AvgIpc) is 3.27. The molecular weight excluding hydrogens is 418 g/mol. The quantitative estimate of drug-likeness (QED) is 0.455. The van der Waals surface area contributed by atoms with Crippen molar-refractivity contribution in [3.63, 3.8) is 0 Å². The van der Waals surface area contributed by atoms with Crippen molar-refractivity contribution in [3.8, 4) is 0 Å². The second-order valence-electron chi connectivity index (χ2n) is 7.64. The Labute approximate surface area is 185 Å². The highest BCUT2D eigenvalue weighted by Gasteiger charge is 2.26. The molecule has 0 aliphatic carbocycles. The summed E-state index contributed by atoms with van der Waals surface area (Å²) >= 11 is 0. The minimum atomic E-state index is -0.758. The van der Waals surface area contributed by atoms with Crippen molar-refractivity contribution in [3.05, 3.63) is 46.8 Å². The third-order valence-corrected chi connectivity index (χ3v) is 5.44. The van der Waals surface area contributed by atoms with Crippen LogP contribution in [0.1, 0.15) is 25.3 Å². The lowest BCUT2D eigenvalue weighted by Crippen LogP contribution is -2.43. The molecule has 0 saturated carbocycles. The van der Waals surface area contributed by atoms with E-state index in [1.165, 1.54) is 20.2 Å². The summed E-state index contributed by atoms with van der Waals surface area (Å²) in [5.74, 6) is -1.54. The van der Waals surface area contributed by atoms with Gasteiger partial charge in [0, 0.05) is 74.4 Å². The van der Waals surface area contributed by atoms with Crippen molar-refractivity contribution in [1.82, 2.24) is 10.2 Å². The maximum Gasteiger partial charge on any atom is 0.219 e. The number of ether oxygens (including phenoxy) is 1. The molecule has 0 aromatic heterocycles. The highest BCUT2D eigenvalue weighted by atomic mass is 19.1. The number of rotatable bonds is 6. The van der Waals surface area contributed by atoms with Gasteiger partial charge in [-0.05, 0) is 12.5 Å². The third kappa shape index (κ3) is 5.31. The van der Waals surface area contributed by atoms with Crippen LogP contribution in [0.4, 0.5) is 14.5 Å². The molecule has 2 heterocycles. The van der Waals surface area contributed by atoms with Gasteiger partial charge in [-0.3, -0.25) is 9.79 Å². The second-order valence-corrected chi connectivity index (χ2v) is 7.64. The molecule has 32 heavy (non-hydrogen) atoms. The fraction of sp³-hybridized carbons (Fsp3) is 0.409. The molecule has 10 heteroatoms. The summed E-state index contributed by atoms with van der Waals surface area (Å²) < 4.78 is 34.9. The fourth-order valence-corrected chi connectivity index (χ4v) is 3.70. The van der Waals surface area contributed by atoms with Crippen LogP contribution in [0.15, 0.2) is 39.6 Å². The largest absolute Gasteiger partial charge is 0.404 e. The minimum absolute atomic E-state index is 0.0214. The topological polar surface area (TPSA) is 118 Å². The number of carbonyl (C=O) groups is 1. The number of aliphatic imine (C=N–C) groups is 2. The summed E-state index contributed by atoms with van der Waals surface area (Å²) in [6.07, 6.45) is 3.89. The molecule has 1 amide bonds. The van der Waals surface area contributed by atoms with Crippen LogP contribution in [0, 0.1) is 11.6 Å². The first-order valence-corrected chi connectivity index (χ1v) is 10.3. The summed E-state index contributed by atoms with van der Waals surface area (Å²) in [6, 6.07) is 2.11. The molecule has 2 aliphatic heterocycles. The number of hydrogen-bond acceptors (Lipinski definition) is 6. The van der Waals surface area contributed by atoms with Gasteiger partial charge in [-0.2, -0.15) is 0 Å². The van der Waals surface area contributed by atoms with E-state index in [0.717, 1.165) is 30.5 Å². The monoisotopic (exact) mass is 446 g/mol. The van der Waals surface area contributed by atoms with Gasteiger partial charge in [0.2, 0.25) is 5.91 Å². The number of nitrogens with one attached hydrogen (secondary N) is 1. The number of benzene rings is 1. The van der Waals surface area contributed by atoms with E-state index in [2.05, 4.69) is 15.3 Å². The molecule has 172 valence electrons. The Hall–Kier alpha value is -3.27. The minimum Gasteiger partial charge on any atom is -0.404 e. The number of nitrogens with zero attached hydrogens (tertiary/aromatic N) is 3. The predicted molar refractivity (Wildman–Crippen MR) is 120 cm³/mol. The molecule has 5 N–H and O–H groups in total. The van der Waals surface area contributed by atoms with Crippen molar-refractivity contribution < 1.29 is 18.3 Å². The lowest BCUT2D eigenvalue weighted by atomic mass is 10.0. The first-order valence-electron chi connectivity index (χ1n) is 10.3. The second kappa shape index (κ2) is 10.4. The van der Waals surface area contributed by atoms with Crippen LogP contribution in [0.25, 0.3) is 5.57 Å². The number of amides is 1. The maximum atomic E-state index is 14.8. The van der Waals surface area contributed by atoms with Crippen molar-refractivity contribution in [1.29, 1.82) is 0 Å². The van der Waals surface area contributed by atoms with Crippen molar-refractivity contribution >= 4 is 29.2 Å². The van der Waals surface area contributed by atoms with E-state index in [1.807, 2.05) is 0 Å². The maximum absolute atomic E-state index is 14.8. The molecule has 0 radical (unpaired) electrons. The molecule has 0 bridgehead atoms. The van der Waals surface area contributed by atoms with Crippen LogP contribution in [-0.2, 0) is 9.53 Å². The number of hydrogen-bond donors (Lipinski definition) is 3. The van der Waals surface area contributed by atoms with Crippen LogP contribution < -0.4 is 16.8 Å². The highest BCUT2D eigenvalue weighted by Crippen LogP contribution is 2.27. The van der Waals surface area contributed by atoms with Crippen LogP contribution in [0.3, 0.4) is 0 Å². The van der Waals surface area contributed by atoms with Crippen molar-refractivity contribution in [2.45, 2.75) is 25.8 Å². The number of amidine groups is 1. The van der Waals surface area contributed by atoms with Crippen LogP contribution in [-0.4, -0.2) is 62.3 Å². The number of halogens is 2. The lowest BCUT2D eigenvalue weighted by molar-refractivity contribution is -0.128. The molecule has 8 nitrogen and oxygen atoms in total. The predicted octanol–water partition coefficient (Wildman–Crippen LogP) is 1.84. The Balaban J connectivity index is 1.97. The summed E-state index contributed by atoms with van der Waals surface area (Å²) in [5, 5.41) is 3.42. The zero-order chi connectivity index (χ0) is 23.3. The van der Waals surface area contributed by atoms with Crippen LogP contribution >= 0.6 is 0 Å². The van der Waals surface area contributed by atoms with E-state index >= 15 is 0 Å². The third-order valence-electron chi connectivity index (χ3n) is 5.44. The van der Waals surface area contributed by atoms with Gasteiger partial charge in [-0.15, -0.1) is 0 Å². The Kier molecular flexibility index (Phi) is 7.57. The van der Waals surface area contributed by atoms with E-state index in [9.17, 15) is 13.6 Å². The van der Waals surface area contributed by atoms with Crippen LogP contribution in [0.2, 0.25) is 0 Å². The summed E-state index contributed by atoms with van der Waals surface area (Å²) in [7, 11) is 1.50. The lowest BCUT2D eigenvalue weighted by Gasteiger charge is -2.31. The van der Waals surface area contributed by atoms with Gasteiger partial charge in [-0.1, -0.05) is 0 Å². The van der Waals surface area contributed by atoms with Crippen molar-refractivity contribution in [2.24, 2.45) is 21.5 Å². The smallest absolute Gasteiger partial charge is 0.219 e. The molecule has 1 saturated heterocycles. The molecule has 3 rings (SSSR count).